The predicted octanol–water partition coefficient (Wildman–Crippen LogP) is 3.81. The van der Waals surface area contributed by atoms with E-state index in [0.717, 1.165) is 10.0 Å². The van der Waals surface area contributed by atoms with E-state index in [1.807, 2.05) is 43.3 Å². The fourth-order valence-corrected chi connectivity index (χ4v) is 2.61. The van der Waals surface area contributed by atoms with Crippen LogP contribution in [0, 0.1) is 6.92 Å². The Hall–Kier alpha value is -2.80. The molecule has 0 radical (unpaired) electrons. The zero-order chi connectivity index (χ0) is 17.6. The number of rotatable bonds is 5. The van der Waals surface area contributed by atoms with Gasteiger partial charge in [-0.15, -0.1) is 0 Å². The fourth-order valence-electron chi connectivity index (χ4n) is 2.21. The largest absolute Gasteiger partial charge is 0.350 e. The molecule has 0 bridgehead atoms. The van der Waals surface area contributed by atoms with Crippen molar-refractivity contribution in [2.45, 2.75) is 13.5 Å². The number of nitrogens with one attached hydrogen (secondary N) is 2. The topological polar surface area (TPSA) is 79.8 Å². The smallest absolute Gasteiger partial charge is 0.274 e. The minimum atomic E-state index is -0.282. The normalized spacial score (nSPS) is 10.3. The molecule has 7 heteroatoms. The molecule has 3 rings (SSSR count). The highest BCUT2D eigenvalue weighted by molar-refractivity contribution is 9.10. The van der Waals surface area contributed by atoms with E-state index in [9.17, 15) is 4.79 Å². The summed E-state index contributed by atoms with van der Waals surface area (Å²) >= 11 is 3.38. The van der Waals surface area contributed by atoms with Crippen LogP contribution in [-0.2, 0) is 6.54 Å². The van der Waals surface area contributed by atoms with Gasteiger partial charge in [-0.1, -0.05) is 22.0 Å². The lowest BCUT2D eigenvalue weighted by atomic mass is 10.2. The first kappa shape index (κ1) is 17.0. The van der Waals surface area contributed by atoms with Gasteiger partial charge in [-0.2, -0.15) is 0 Å². The van der Waals surface area contributed by atoms with Crippen LogP contribution in [0.1, 0.15) is 21.7 Å². The number of carbonyl (C=O) groups is 1. The molecular formula is C18H16BrN5O. The average Bonchev–Trinajstić information content (AvgIpc) is 2.60. The third-order valence-electron chi connectivity index (χ3n) is 3.37. The summed E-state index contributed by atoms with van der Waals surface area (Å²) in [6.07, 6.45) is 3.45. The van der Waals surface area contributed by atoms with Crippen molar-refractivity contribution in [3.05, 3.63) is 76.3 Å². The summed E-state index contributed by atoms with van der Waals surface area (Å²) in [6, 6.07) is 12.9. The molecule has 6 nitrogen and oxygen atoms in total. The van der Waals surface area contributed by atoms with Crippen molar-refractivity contribution in [1.29, 1.82) is 0 Å². The van der Waals surface area contributed by atoms with Crippen molar-refractivity contribution in [3.8, 4) is 0 Å². The highest BCUT2D eigenvalue weighted by Gasteiger charge is 2.11. The van der Waals surface area contributed by atoms with E-state index in [1.165, 1.54) is 0 Å². The molecule has 0 aliphatic heterocycles. The van der Waals surface area contributed by atoms with E-state index in [0.29, 0.717) is 29.6 Å². The molecule has 0 atom stereocenters. The Morgan fingerprint density at radius 1 is 1.12 bits per heavy atom. The molecule has 1 aromatic carbocycles. The van der Waals surface area contributed by atoms with Crippen LogP contribution in [0.25, 0.3) is 0 Å². The van der Waals surface area contributed by atoms with Gasteiger partial charge in [-0.05, 0) is 48.9 Å². The number of aryl methyl sites for hydroxylation is 1. The lowest BCUT2D eigenvalue weighted by Crippen LogP contribution is -2.16. The summed E-state index contributed by atoms with van der Waals surface area (Å²) < 4.78 is 0.892. The second-order valence-corrected chi connectivity index (χ2v) is 6.31. The third kappa shape index (κ3) is 4.84. The van der Waals surface area contributed by atoms with Gasteiger partial charge < -0.3 is 10.6 Å². The van der Waals surface area contributed by atoms with Crippen LogP contribution in [0.5, 0.6) is 0 Å². The van der Waals surface area contributed by atoms with Crippen LogP contribution < -0.4 is 10.6 Å². The Balaban J connectivity index is 1.73. The van der Waals surface area contributed by atoms with E-state index in [4.69, 9.17) is 0 Å². The van der Waals surface area contributed by atoms with E-state index >= 15 is 0 Å². The predicted molar refractivity (Wildman–Crippen MR) is 100 cm³/mol. The molecule has 126 valence electrons. The summed E-state index contributed by atoms with van der Waals surface area (Å²) in [6.45, 7) is 2.38. The lowest BCUT2D eigenvalue weighted by Gasteiger charge is -2.09. The molecule has 0 unspecified atom stereocenters. The second kappa shape index (κ2) is 7.85. The highest BCUT2D eigenvalue weighted by Crippen LogP contribution is 2.16. The average molecular weight is 398 g/mol. The minimum absolute atomic E-state index is 0.282. The highest BCUT2D eigenvalue weighted by atomic mass is 79.9. The lowest BCUT2D eigenvalue weighted by molar-refractivity contribution is 0.102. The maximum atomic E-state index is 12.5. The zero-order valence-corrected chi connectivity index (χ0v) is 15.1. The summed E-state index contributed by atoms with van der Waals surface area (Å²) in [5, 5.41) is 5.96. The zero-order valence-electron chi connectivity index (χ0n) is 13.5. The van der Waals surface area contributed by atoms with Crippen molar-refractivity contribution in [3.63, 3.8) is 0 Å². The van der Waals surface area contributed by atoms with Crippen LogP contribution in [0.2, 0.25) is 0 Å². The SMILES string of the molecule is Cc1cc(C(=O)Nc2cccc(Br)c2)nc(NCc2ccncc2)n1. The quantitative estimate of drug-likeness (QED) is 0.684. The molecule has 2 heterocycles. The molecule has 0 saturated heterocycles. The first-order chi connectivity index (χ1) is 12.1. The van der Waals surface area contributed by atoms with Gasteiger partial charge in [0.05, 0.1) is 0 Å². The Morgan fingerprint density at radius 3 is 2.68 bits per heavy atom. The number of benzene rings is 1. The van der Waals surface area contributed by atoms with Gasteiger partial charge in [0.25, 0.3) is 5.91 Å². The Labute approximate surface area is 153 Å². The standard InChI is InChI=1S/C18H16BrN5O/c1-12-9-16(17(25)23-15-4-2-3-14(19)10-15)24-18(22-12)21-11-13-5-7-20-8-6-13/h2-10H,11H2,1H3,(H,23,25)(H,21,22,24). The van der Waals surface area contributed by atoms with Gasteiger partial charge in [-0.25, -0.2) is 9.97 Å². The number of hydrogen-bond donors (Lipinski definition) is 2. The van der Waals surface area contributed by atoms with Gasteiger partial charge in [0.1, 0.15) is 5.69 Å². The van der Waals surface area contributed by atoms with Crippen LogP contribution in [0.15, 0.2) is 59.3 Å². The molecule has 0 aliphatic rings. The molecule has 0 saturated carbocycles. The van der Waals surface area contributed by atoms with Gasteiger partial charge in [0, 0.05) is 34.8 Å². The van der Waals surface area contributed by atoms with Crippen LogP contribution in [0.3, 0.4) is 0 Å². The maximum absolute atomic E-state index is 12.5. The minimum Gasteiger partial charge on any atom is -0.350 e. The number of aromatic nitrogens is 3. The van der Waals surface area contributed by atoms with Crippen molar-refractivity contribution < 1.29 is 4.79 Å². The first-order valence-corrected chi connectivity index (χ1v) is 8.45. The van der Waals surface area contributed by atoms with Gasteiger partial charge in [-0.3, -0.25) is 9.78 Å². The molecule has 3 aromatic rings. The van der Waals surface area contributed by atoms with E-state index in [2.05, 4.69) is 41.5 Å². The summed E-state index contributed by atoms with van der Waals surface area (Å²) in [4.78, 5) is 25.1. The maximum Gasteiger partial charge on any atom is 0.274 e. The summed E-state index contributed by atoms with van der Waals surface area (Å²) in [5.74, 6) is 0.131. The molecular weight excluding hydrogens is 382 g/mol. The Morgan fingerprint density at radius 2 is 1.92 bits per heavy atom. The molecule has 2 N–H and O–H groups in total. The summed E-state index contributed by atoms with van der Waals surface area (Å²) in [5.41, 5.74) is 2.78. The number of halogens is 1. The van der Waals surface area contributed by atoms with Crippen LogP contribution >= 0.6 is 15.9 Å². The second-order valence-electron chi connectivity index (χ2n) is 5.39. The number of amides is 1. The summed E-state index contributed by atoms with van der Waals surface area (Å²) in [7, 11) is 0. The van der Waals surface area contributed by atoms with Gasteiger partial charge in [0.2, 0.25) is 5.95 Å². The molecule has 0 aliphatic carbocycles. The number of pyridine rings is 1. The molecule has 1 amide bonds. The number of hydrogen-bond acceptors (Lipinski definition) is 5. The molecule has 25 heavy (non-hydrogen) atoms. The van der Waals surface area contributed by atoms with E-state index < -0.39 is 0 Å². The van der Waals surface area contributed by atoms with Gasteiger partial charge in [0.15, 0.2) is 0 Å². The number of carbonyl (C=O) groups excluding carboxylic acids is 1. The van der Waals surface area contributed by atoms with Crippen molar-refractivity contribution in [1.82, 2.24) is 15.0 Å². The fraction of sp³-hybridized carbons (Fsp3) is 0.111. The Kier molecular flexibility index (Phi) is 5.35. The molecule has 0 fully saturated rings. The van der Waals surface area contributed by atoms with Gasteiger partial charge >= 0.3 is 0 Å². The monoisotopic (exact) mass is 397 g/mol. The van der Waals surface area contributed by atoms with Crippen molar-refractivity contribution in [2.24, 2.45) is 0 Å². The third-order valence-corrected chi connectivity index (χ3v) is 3.86. The molecule has 0 spiro atoms. The number of nitrogens with zero attached hydrogens (tertiary/aromatic N) is 3. The van der Waals surface area contributed by atoms with Crippen molar-refractivity contribution >= 4 is 33.5 Å². The first-order valence-electron chi connectivity index (χ1n) is 7.65. The van der Waals surface area contributed by atoms with Crippen LogP contribution in [-0.4, -0.2) is 20.9 Å². The molecule has 2 aromatic heterocycles. The van der Waals surface area contributed by atoms with Crippen molar-refractivity contribution in [2.75, 3.05) is 10.6 Å². The number of anilines is 2. The Bertz CT molecular complexity index is 886. The van der Waals surface area contributed by atoms with E-state index in [-0.39, 0.29) is 5.91 Å². The van der Waals surface area contributed by atoms with E-state index in [1.54, 1.807) is 18.5 Å². The van der Waals surface area contributed by atoms with Crippen LogP contribution in [0.4, 0.5) is 11.6 Å².